The Hall–Kier alpha value is -2.09. The first kappa shape index (κ1) is 21.2. The summed E-state index contributed by atoms with van der Waals surface area (Å²) in [6, 6.07) is 13.1. The maximum atomic E-state index is 12.1. The van der Waals surface area contributed by atoms with E-state index in [9.17, 15) is 4.79 Å². The molecular weight excluding hydrogens is 388 g/mol. The summed E-state index contributed by atoms with van der Waals surface area (Å²) in [4.78, 5) is 13.1. The van der Waals surface area contributed by atoms with E-state index in [0.717, 1.165) is 27.8 Å². The van der Waals surface area contributed by atoms with Crippen molar-refractivity contribution in [1.29, 1.82) is 0 Å². The minimum atomic E-state index is -0.0225. The van der Waals surface area contributed by atoms with E-state index in [1.165, 1.54) is 0 Å². The van der Waals surface area contributed by atoms with Crippen LogP contribution >= 0.6 is 24.2 Å². The minimum Gasteiger partial charge on any atom is -0.492 e. The number of amides is 1. The number of ether oxygens (including phenoxy) is 3. The van der Waals surface area contributed by atoms with Crippen molar-refractivity contribution in [1.82, 2.24) is 0 Å². The fourth-order valence-corrected chi connectivity index (χ4v) is 3.29. The van der Waals surface area contributed by atoms with E-state index in [4.69, 9.17) is 19.9 Å². The number of fused-ring (bicyclic) bond motifs is 1. The van der Waals surface area contributed by atoms with Crippen LogP contribution in [0.5, 0.6) is 17.2 Å². The molecule has 2 aromatic carbocycles. The molecule has 0 fully saturated rings. The van der Waals surface area contributed by atoms with Crippen LogP contribution in [0.3, 0.4) is 0 Å². The molecule has 0 saturated heterocycles. The zero-order chi connectivity index (χ0) is 18.2. The van der Waals surface area contributed by atoms with Gasteiger partial charge < -0.3 is 25.3 Å². The summed E-state index contributed by atoms with van der Waals surface area (Å²) >= 11 is 1.62. The van der Waals surface area contributed by atoms with Crippen molar-refractivity contribution in [3.63, 3.8) is 0 Å². The first-order valence-corrected chi connectivity index (χ1v) is 9.48. The first-order valence-electron chi connectivity index (χ1n) is 8.50. The number of thioether (sulfide) groups is 1. The van der Waals surface area contributed by atoms with Gasteiger partial charge >= 0.3 is 0 Å². The topological polar surface area (TPSA) is 82.8 Å². The Morgan fingerprint density at radius 2 is 1.85 bits per heavy atom. The minimum absolute atomic E-state index is 0. The summed E-state index contributed by atoms with van der Waals surface area (Å²) in [7, 11) is 0. The molecule has 0 spiro atoms. The normalized spacial score (nSPS) is 12.0. The molecule has 0 atom stereocenters. The highest BCUT2D eigenvalue weighted by Crippen LogP contribution is 2.34. The smallest absolute Gasteiger partial charge is 0.225 e. The predicted octanol–water partition coefficient (Wildman–Crippen LogP) is 3.34. The molecule has 0 bridgehead atoms. The number of hydrogen-bond acceptors (Lipinski definition) is 6. The van der Waals surface area contributed by atoms with Crippen molar-refractivity contribution < 1.29 is 19.0 Å². The van der Waals surface area contributed by atoms with Gasteiger partial charge in [0.15, 0.2) is 11.5 Å². The highest BCUT2D eigenvalue weighted by molar-refractivity contribution is 7.99. The average molecular weight is 411 g/mol. The van der Waals surface area contributed by atoms with Crippen LogP contribution in [-0.2, 0) is 4.79 Å². The van der Waals surface area contributed by atoms with E-state index in [1.807, 2.05) is 42.5 Å². The van der Waals surface area contributed by atoms with Crippen LogP contribution in [0.25, 0.3) is 0 Å². The van der Waals surface area contributed by atoms with Gasteiger partial charge in [0.2, 0.25) is 5.91 Å². The fraction of sp³-hybridized carbons (Fsp3) is 0.316. The second-order valence-electron chi connectivity index (χ2n) is 5.61. The Labute approximate surface area is 169 Å². The number of hydrogen-bond donors (Lipinski definition) is 2. The fourth-order valence-electron chi connectivity index (χ4n) is 2.41. The van der Waals surface area contributed by atoms with Gasteiger partial charge in [0, 0.05) is 29.3 Å². The molecule has 146 valence electrons. The van der Waals surface area contributed by atoms with Gasteiger partial charge in [-0.15, -0.1) is 24.2 Å². The lowest BCUT2D eigenvalue weighted by Crippen LogP contribution is -2.15. The van der Waals surface area contributed by atoms with Crippen molar-refractivity contribution >= 4 is 35.8 Å². The predicted molar refractivity (Wildman–Crippen MR) is 110 cm³/mol. The summed E-state index contributed by atoms with van der Waals surface area (Å²) in [6.07, 6.45) is 0.421. The van der Waals surface area contributed by atoms with Gasteiger partial charge in [-0.2, -0.15) is 0 Å². The van der Waals surface area contributed by atoms with Gasteiger partial charge in [0.1, 0.15) is 25.6 Å². The van der Waals surface area contributed by atoms with E-state index in [0.29, 0.717) is 38.5 Å². The summed E-state index contributed by atoms with van der Waals surface area (Å²) in [6.45, 7) is 2.10. The van der Waals surface area contributed by atoms with Crippen molar-refractivity contribution in [3.05, 3.63) is 42.5 Å². The molecule has 0 aromatic heterocycles. The lowest BCUT2D eigenvalue weighted by molar-refractivity contribution is -0.115. The summed E-state index contributed by atoms with van der Waals surface area (Å²) in [5.74, 6) is 2.94. The Balaban J connectivity index is 0.00000261. The number of nitrogens with one attached hydrogen (secondary N) is 1. The molecule has 3 N–H and O–H groups in total. The SMILES string of the molecule is Cl.NCCOc1ccc(NC(=O)CCSc2ccc3c(c2)OCCO3)cc1. The van der Waals surface area contributed by atoms with Crippen molar-refractivity contribution in [2.24, 2.45) is 5.73 Å². The van der Waals surface area contributed by atoms with Crippen LogP contribution in [0.15, 0.2) is 47.4 Å². The number of carbonyl (C=O) groups excluding carboxylic acids is 1. The monoisotopic (exact) mass is 410 g/mol. The lowest BCUT2D eigenvalue weighted by atomic mass is 10.3. The van der Waals surface area contributed by atoms with E-state index in [1.54, 1.807) is 11.8 Å². The number of nitrogens with two attached hydrogens (primary N) is 1. The van der Waals surface area contributed by atoms with E-state index >= 15 is 0 Å². The molecular formula is C19H23ClN2O4S. The van der Waals surface area contributed by atoms with Crippen LogP contribution < -0.4 is 25.3 Å². The summed E-state index contributed by atoms with van der Waals surface area (Å²) in [5, 5.41) is 2.88. The van der Waals surface area contributed by atoms with Gasteiger partial charge in [-0.3, -0.25) is 4.79 Å². The molecule has 1 aliphatic heterocycles. The van der Waals surface area contributed by atoms with Crippen LogP contribution in [0, 0.1) is 0 Å². The Bertz CT molecular complexity index is 743. The van der Waals surface area contributed by atoms with Crippen LogP contribution in [0.4, 0.5) is 5.69 Å². The largest absolute Gasteiger partial charge is 0.492 e. The van der Waals surface area contributed by atoms with Crippen molar-refractivity contribution in [2.75, 3.05) is 37.4 Å². The van der Waals surface area contributed by atoms with E-state index in [-0.39, 0.29) is 18.3 Å². The quantitative estimate of drug-likeness (QED) is 0.649. The lowest BCUT2D eigenvalue weighted by Gasteiger charge is -2.18. The van der Waals surface area contributed by atoms with Gasteiger partial charge in [-0.05, 0) is 42.5 Å². The molecule has 8 heteroatoms. The molecule has 6 nitrogen and oxygen atoms in total. The Morgan fingerprint density at radius 1 is 1.11 bits per heavy atom. The van der Waals surface area contributed by atoms with E-state index in [2.05, 4.69) is 5.32 Å². The Kier molecular flexibility index (Phi) is 8.57. The van der Waals surface area contributed by atoms with Gasteiger partial charge in [-0.1, -0.05) is 0 Å². The first-order chi connectivity index (χ1) is 12.7. The highest BCUT2D eigenvalue weighted by Gasteiger charge is 2.12. The number of benzene rings is 2. The second-order valence-corrected chi connectivity index (χ2v) is 6.78. The molecule has 1 amide bonds. The second kappa shape index (κ2) is 10.9. The number of halogens is 1. The molecule has 1 heterocycles. The zero-order valence-corrected chi connectivity index (χ0v) is 16.4. The molecule has 0 unspecified atom stereocenters. The standard InChI is InChI=1S/C19H22N2O4S.ClH/c20-8-9-23-15-3-1-14(2-4-15)21-19(22)7-12-26-16-5-6-17-18(13-16)25-11-10-24-17;/h1-6,13H,7-12,20H2,(H,21,22);1H. The van der Waals surface area contributed by atoms with Gasteiger partial charge in [0.05, 0.1) is 0 Å². The number of rotatable bonds is 8. The van der Waals surface area contributed by atoms with Gasteiger partial charge in [0.25, 0.3) is 0 Å². The molecule has 0 radical (unpaired) electrons. The molecule has 27 heavy (non-hydrogen) atoms. The molecule has 0 saturated carbocycles. The van der Waals surface area contributed by atoms with Crippen LogP contribution in [0.2, 0.25) is 0 Å². The highest BCUT2D eigenvalue weighted by atomic mass is 35.5. The van der Waals surface area contributed by atoms with Crippen LogP contribution in [-0.4, -0.2) is 38.0 Å². The number of anilines is 1. The third kappa shape index (κ3) is 6.53. The molecule has 2 aromatic rings. The summed E-state index contributed by atoms with van der Waals surface area (Å²) < 4.78 is 16.5. The van der Waals surface area contributed by atoms with Crippen molar-refractivity contribution in [2.45, 2.75) is 11.3 Å². The maximum absolute atomic E-state index is 12.1. The summed E-state index contributed by atoms with van der Waals surface area (Å²) in [5.41, 5.74) is 6.15. The van der Waals surface area contributed by atoms with Crippen LogP contribution in [0.1, 0.15) is 6.42 Å². The molecule has 1 aliphatic rings. The zero-order valence-electron chi connectivity index (χ0n) is 14.8. The number of carbonyl (C=O) groups is 1. The maximum Gasteiger partial charge on any atom is 0.225 e. The Morgan fingerprint density at radius 3 is 2.59 bits per heavy atom. The molecule has 3 rings (SSSR count). The molecule has 0 aliphatic carbocycles. The van der Waals surface area contributed by atoms with Crippen molar-refractivity contribution in [3.8, 4) is 17.2 Å². The van der Waals surface area contributed by atoms with Gasteiger partial charge in [-0.25, -0.2) is 0 Å². The third-order valence-corrected chi connectivity index (χ3v) is 4.63. The average Bonchev–Trinajstić information content (AvgIpc) is 2.67. The third-order valence-electron chi connectivity index (χ3n) is 3.64. The van der Waals surface area contributed by atoms with E-state index < -0.39 is 0 Å².